The fourth-order valence-corrected chi connectivity index (χ4v) is 2.29. The summed E-state index contributed by atoms with van der Waals surface area (Å²) in [6, 6.07) is 11.9. The Morgan fingerprint density at radius 2 is 1.88 bits per heavy atom. The zero-order valence-corrected chi connectivity index (χ0v) is 14.4. The van der Waals surface area contributed by atoms with Gasteiger partial charge in [0, 0.05) is 6.08 Å². The van der Waals surface area contributed by atoms with E-state index in [0.717, 1.165) is 16.9 Å². The number of ether oxygens (including phenoxy) is 1. The summed E-state index contributed by atoms with van der Waals surface area (Å²) in [5, 5.41) is 11.7. The molecule has 0 heterocycles. The smallest absolute Gasteiger partial charge is 0.337 e. The number of aryl methyl sites for hydroxylation is 1. The van der Waals surface area contributed by atoms with Crippen LogP contribution in [0.2, 0.25) is 0 Å². The number of hydrogen-bond acceptors (Lipinski definition) is 3. The predicted octanol–water partition coefficient (Wildman–Crippen LogP) is 4.13. The van der Waals surface area contributed by atoms with Gasteiger partial charge in [-0.05, 0) is 62.2 Å². The zero-order chi connectivity index (χ0) is 18.4. The van der Waals surface area contributed by atoms with Crippen LogP contribution in [-0.4, -0.2) is 23.1 Å². The molecule has 0 aliphatic heterocycles. The number of nitrogens with one attached hydrogen (secondary N) is 1. The molecule has 0 spiro atoms. The maximum Gasteiger partial charge on any atom is 0.337 e. The Labute approximate surface area is 146 Å². The molecule has 0 aliphatic carbocycles. The minimum Gasteiger partial charge on any atom is -0.491 e. The Hall–Kier alpha value is -3.08. The molecule has 5 heteroatoms. The van der Waals surface area contributed by atoms with Gasteiger partial charge in [0.25, 0.3) is 0 Å². The summed E-state index contributed by atoms with van der Waals surface area (Å²) >= 11 is 0. The van der Waals surface area contributed by atoms with Crippen molar-refractivity contribution >= 4 is 23.6 Å². The van der Waals surface area contributed by atoms with E-state index in [0.29, 0.717) is 0 Å². The quantitative estimate of drug-likeness (QED) is 0.776. The number of carboxylic acid groups (broad SMARTS) is 1. The first kappa shape index (κ1) is 18.3. The van der Waals surface area contributed by atoms with Crippen molar-refractivity contribution < 1.29 is 19.4 Å². The fraction of sp³-hybridized carbons (Fsp3) is 0.200. The first-order valence-electron chi connectivity index (χ1n) is 7.95. The largest absolute Gasteiger partial charge is 0.491 e. The van der Waals surface area contributed by atoms with Gasteiger partial charge in [0.15, 0.2) is 0 Å². The lowest BCUT2D eigenvalue weighted by Crippen LogP contribution is -2.11. The second-order valence-electron chi connectivity index (χ2n) is 5.86. The van der Waals surface area contributed by atoms with Gasteiger partial charge in [-0.1, -0.05) is 18.2 Å². The standard InChI is InChI=1S/C20H21NO4/c1-13(2)25-18-10-8-15(12-14(18)3)9-11-19(22)21-17-7-5-4-6-16(17)20(23)24/h4-13H,1-3H3,(H,21,22)(H,23,24)/b11-9+. The number of hydrogen-bond donors (Lipinski definition) is 2. The van der Waals surface area contributed by atoms with Crippen molar-refractivity contribution in [1.82, 2.24) is 0 Å². The molecule has 2 aromatic carbocycles. The molecule has 0 atom stereocenters. The highest BCUT2D eigenvalue weighted by atomic mass is 16.5. The summed E-state index contributed by atoms with van der Waals surface area (Å²) in [5.41, 5.74) is 2.15. The van der Waals surface area contributed by atoms with Gasteiger partial charge in [0.2, 0.25) is 5.91 Å². The maximum atomic E-state index is 12.0. The minimum atomic E-state index is -1.09. The summed E-state index contributed by atoms with van der Waals surface area (Å²) in [6.07, 6.45) is 3.14. The van der Waals surface area contributed by atoms with Crippen LogP contribution in [-0.2, 0) is 4.79 Å². The third-order valence-electron chi connectivity index (χ3n) is 3.40. The van der Waals surface area contributed by atoms with Crippen LogP contribution >= 0.6 is 0 Å². The van der Waals surface area contributed by atoms with Crippen molar-refractivity contribution in [2.24, 2.45) is 0 Å². The highest BCUT2D eigenvalue weighted by molar-refractivity contribution is 6.06. The number of carbonyl (C=O) groups excluding carboxylic acids is 1. The number of benzene rings is 2. The average Bonchev–Trinajstić information content (AvgIpc) is 2.55. The topological polar surface area (TPSA) is 75.6 Å². The van der Waals surface area contributed by atoms with Crippen molar-refractivity contribution in [3.05, 3.63) is 65.2 Å². The molecule has 130 valence electrons. The molecule has 0 saturated heterocycles. The number of aromatic carboxylic acids is 1. The summed E-state index contributed by atoms with van der Waals surface area (Å²) in [7, 11) is 0. The van der Waals surface area contributed by atoms with Crippen molar-refractivity contribution in [1.29, 1.82) is 0 Å². The lowest BCUT2D eigenvalue weighted by atomic mass is 10.1. The summed E-state index contributed by atoms with van der Waals surface area (Å²) < 4.78 is 5.68. The molecule has 25 heavy (non-hydrogen) atoms. The number of para-hydroxylation sites is 1. The molecule has 5 nitrogen and oxygen atoms in total. The van der Waals surface area contributed by atoms with Crippen molar-refractivity contribution in [2.75, 3.05) is 5.32 Å². The minimum absolute atomic E-state index is 0.0512. The lowest BCUT2D eigenvalue weighted by molar-refractivity contribution is -0.111. The second kappa shape index (κ2) is 8.15. The van der Waals surface area contributed by atoms with Crippen molar-refractivity contribution in [2.45, 2.75) is 26.9 Å². The summed E-state index contributed by atoms with van der Waals surface area (Å²) in [6.45, 7) is 5.87. The number of carbonyl (C=O) groups is 2. The van der Waals surface area contributed by atoms with Gasteiger partial charge in [0.05, 0.1) is 17.4 Å². The Kier molecular flexibility index (Phi) is 5.95. The SMILES string of the molecule is Cc1cc(/C=C/C(=O)Nc2ccccc2C(=O)O)ccc1OC(C)C. The predicted molar refractivity (Wildman–Crippen MR) is 98.0 cm³/mol. The van der Waals surface area contributed by atoms with E-state index in [1.165, 1.54) is 12.1 Å². The van der Waals surface area contributed by atoms with Crippen LogP contribution in [0.5, 0.6) is 5.75 Å². The van der Waals surface area contributed by atoms with Gasteiger partial charge in [-0.25, -0.2) is 4.79 Å². The molecule has 2 N–H and O–H groups in total. The molecule has 2 rings (SSSR count). The van der Waals surface area contributed by atoms with E-state index in [1.807, 2.05) is 39.0 Å². The molecule has 0 unspecified atom stereocenters. The molecule has 0 saturated carbocycles. The Balaban J connectivity index is 2.08. The van der Waals surface area contributed by atoms with Crippen LogP contribution < -0.4 is 10.1 Å². The van der Waals surface area contributed by atoms with Gasteiger partial charge < -0.3 is 15.2 Å². The number of anilines is 1. The Bertz CT molecular complexity index is 809. The van der Waals surface area contributed by atoms with E-state index in [-0.39, 0.29) is 17.4 Å². The van der Waals surface area contributed by atoms with Crippen LogP contribution in [0.1, 0.15) is 35.3 Å². The molecule has 0 aromatic heterocycles. The van der Waals surface area contributed by atoms with Crippen LogP contribution in [0.25, 0.3) is 6.08 Å². The number of carboxylic acids is 1. The average molecular weight is 339 g/mol. The van der Waals surface area contributed by atoms with Crippen molar-refractivity contribution in [3.63, 3.8) is 0 Å². The second-order valence-corrected chi connectivity index (χ2v) is 5.86. The van der Waals surface area contributed by atoms with Gasteiger partial charge in [0.1, 0.15) is 5.75 Å². The highest BCUT2D eigenvalue weighted by Crippen LogP contribution is 2.21. The van der Waals surface area contributed by atoms with Crippen molar-refractivity contribution in [3.8, 4) is 5.75 Å². The van der Waals surface area contributed by atoms with Gasteiger partial charge in [-0.15, -0.1) is 0 Å². The molecular formula is C20H21NO4. The Morgan fingerprint density at radius 3 is 2.52 bits per heavy atom. The summed E-state index contributed by atoms with van der Waals surface area (Å²) in [5.74, 6) is -0.669. The first-order valence-corrected chi connectivity index (χ1v) is 7.95. The van der Waals surface area contributed by atoms with E-state index in [1.54, 1.807) is 24.3 Å². The first-order chi connectivity index (χ1) is 11.9. The Morgan fingerprint density at radius 1 is 1.16 bits per heavy atom. The van der Waals surface area contributed by atoms with E-state index < -0.39 is 11.9 Å². The third-order valence-corrected chi connectivity index (χ3v) is 3.40. The monoisotopic (exact) mass is 339 g/mol. The van der Waals surface area contributed by atoms with Crippen LogP contribution in [0.3, 0.4) is 0 Å². The highest BCUT2D eigenvalue weighted by Gasteiger charge is 2.10. The van der Waals surface area contributed by atoms with Gasteiger partial charge >= 0.3 is 5.97 Å². The van der Waals surface area contributed by atoms with E-state index in [9.17, 15) is 9.59 Å². The maximum absolute atomic E-state index is 12.0. The van der Waals surface area contributed by atoms with E-state index >= 15 is 0 Å². The zero-order valence-electron chi connectivity index (χ0n) is 14.4. The third kappa shape index (κ3) is 5.21. The number of amides is 1. The number of rotatable bonds is 6. The van der Waals surface area contributed by atoms with Crippen LogP contribution in [0.15, 0.2) is 48.5 Å². The molecular weight excluding hydrogens is 318 g/mol. The molecule has 0 bridgehead atoms. The fourth-order valence-electron chi connectivity index (χ4n) is 2.29. The van der Waals surface area contributed by atoms with Crippen LogP contribution in [0, 0.1) is 6.92 Å². The molecule has 0 fully saturated rings. The van der Waals surface area contributed by atoms with E-state index in [4.69, 9.17) is 9.84 Å². The van der Waals surface area contributed by atoms with Crippen LogP contribution in [0.4, 0.5) is 5.69 Å². The summed E-state index contributed by atoms with van der Waals surface area (Å²) in [4.78, 5) is 23.2. The molecule has 1 amide bonds. The van der Waals surface area contributed by atoms with Gasteiger partial charge in [-0.3, -0.25) is 4.79 Å². The van der Waals surface area contributed by atoms with Gasteiger partial charge in [-0.2, -0.15) is 0 Å². The normalized spacial score (nSPS) is 10.9. The van der Waals surface area contributed by atoms with E-state index in [2.05, 4.69) is 5.32 Å². The lowest BCUT2D eigenvalue weighted by Gasteiger charge is -2.12. The molecule has 2 aromatic rings. The molecule has 0 radical (unpaired) electrons. The molecule has 0 aliphatic rings.